The van der Waals surface area contributed by atoms with E-state index in [1.165, 1.54) is 6.07 Å². The second-order valence-corrected chi connectivity index (χ2v) is 3.89. The lowest BCUT2D eigenvalue weighted by Gasteiger charge is -2.05. The number of hydrogen-bond acceptors (Lipinski definition) is 1. The zero-order chi connectivity index (χ0) is 12.3. The average Bonchev–Trinajstić information content (AvgIpc) is 2.82. The van der Waals surface area contributed by atoms with Crippen molar-refractivity contribution in [3.05, 3.63) is 59.2 Å². The zero-order valence-corrected chi connectivity index (χ0v) is 9.46. The van der Waals surface area contributed by atoms with Crippen LogP contribution in [0.1, 0.15) is 21.5 Å². The van der Waals surface area contributed by atoms with Crippen molar-refractivity contribution in [2.24, 2.45) is 0 Å². The molecule has 0 aliphatic rings. The Labute approximate surface area is 98.7 Å². The Bertz CT molecular complexity index is 520. The number of aromatic amines is 1. The summed E-state index contributed by atoms with van der Waals surface area (Å²) in [4.78, 5) is 14.6. The number of rotatable bonds is 3. The molecule has 1 aromatic heterocycles. The Morgan fingerprint density at radius 3 is 2.94 bits per heavy atom. The van der Waals surface area contributed by atoms with Gasteiger partial charge >= 0.3 is 0 Å². The highest BCUT2D eigenvalue weighted by Crippen LogP contribution is 2.10. The van der Waals surface area contributed by atoms with Gasteiger partial charge < -0.3 is 10.3 Å². The number of nitrogens with one attached hydrogen (secondary N) is 2. The smallest absolute Gasteiger partial charge is 0.254 e. The molecule has 0 saturated carbocycles. The molecule has 2 aromatic rings. The van der Waals surface area contributed by atoms with E-state index < -0.39 is 11.7 Å². The number of amides is 1. The number of H-pyrrole nitrogens is 1. The molecule has 3 nitrogen and oxygen atoms in total. The predicted molar refractivity (Wildman–Crippen MR) is 63.1 cm³/mol. The number of aromatic nitrogens is 1. The molecule has 17 heavy (non-hydrogen) atoms. The number of hydrogen-bond donors (Lipinski definition) is 2. The van der Waals surface area contributed by atoms with Gasteiger partial charge in [-0.1, -0.05) is 11.6 Å². The van der Waals surface area contributed by atoms with Gasteiger partial charge in [0, 0.05) is 18.9 Å². The van der Waals surface area contributed by atoms with Crippen molar-refractivity contribution in [3.8, 4) is 0 Å². The van der Waals surface area contributed by atoms with Crippen molar-refractivity contribution < 1.29 is 9.18 Å². The van der Waals surface area contributed by atoms with E-state index in [1.807, 2.05) is 13.0 Å². The van der Waals surface area contributed by atoms with E-state index in [9.17, 15) is 9.18 Å². The van der Waals surface area contributed by atoms with Crippen molar-refractivity contribution >= 4 is 5.91 Å². The van der Waals surface area contributed by atoms with Crippen LogP contribution < -0.4 is 5.32 Å². The Kier molecular flexibility index (Phi) is 3.23. The second kappa shape index (κ2) is 4.82. The standard InChI is InChI=1S/C13H13FN2O/c1-9-2-3-12(14)11(6-9)13(17)16-8-10-4-5-15-7-10/h2-7,15H,8H2,1H3,(H,16,17). The number of halogens is 1. The Hall–Kier alpha value is -2.10. The molecule has 0 unspecified atom stereocenters. The van der Waals surface area contributed by atoms with E-state index in [2.05, 4.69) is 10.3 Å². The molecule has 0 spiro atoms. The maximum atomic E-state index is 13.4. The van der Waals surface area contributed by atoms with Crippen molar-refractivity contribution in [3.63, 3.8) is 0 Å². The fraction of sp³-hybridized carbons (Fsp3) is 0.154. The Morgan fingerprint density at radius 2 is 2.24 bits per heavy atom. The quantitative estimate of drug-likeness (QED) is 0.838. The van der Waals surface area contributed by atoms with Crippen LogP contribution in [-0.4, -0.2) is 10.9 Å². The summed E-state index contributed by atoms with van der Waals surface area (Å²) in [6.07, 6.45) is 3.56. The fourth-order valence-corrected chi connectivity index (χ4v) is 1.56. The van der Waals surface area contributed by atoms with E-state index in [4.69, 9.17) is 0 Å². The van der Waals surface area contributed by atoms with E-state index in [0.717, 1.165) is 11.1 Å². The van der Waals surface area contributed by atoms with Gasteiger partial charge in [-0.15, -0.1) is 0 Å². The Morgan fingerprint density at radius 1 is 1.41 bits per heavy atom. The van der Waals surface area contributed by atoms with Crippen LogP contribution in [0.25, 0.3) is 0 Å². The monoisotopic (exact) mass is 232 g/mol. The zero-order valence-electron chi connectivity index (χ0n) is 9.46. The van der Waals surface area contributed by atoms with Gasteiger partial charge in [-0.3, -0.25) is 4.79 Å². The van der Waals surface area contributed by atoms with Gasteiger partial charge in [-0.05, 0) is 30.7 Å². The predicted octanol–water partition coefficient (Wildman–Crippen LogP) is 2.39. The lowest BCUT2D eigenvalue weighted by molar-refractivity contribution is 0.0947. The van der Waals surface area contributed by atoms with Crippen LogP contribution in [0.3, 0.4) is 0 Å². The van der Waals surface area contributed by atoms with Gasteiger partial charge in [0.15, 0.2) is 0 Å². The van der Waals surface area contributed by atoms with Crippen molar-refractivity contribution in [2.75, 3.05) is 0 Å². The lowest BCUT2D eigenvalue weighted by atomic mass is 10.1. The third-order valence-corrected chi connectivity index (χ3v) is 2.48. The average molecular weight is 232 g/mol. The summed E-state index contributed by atoms with van der Waals surface area (Å²) in [5, 5.41) is 2.67. The first-order valence-electron chi connectivity index (χ1n) is 5.33. The third kappa shape index (κ3) is 2.72. The summed E-state index contributed by atoms with van der Waals surface area (Å²) in [6, 6.07) is 6.34. The maximum Gasteiger partial charge on any atom is 0.254 e. The van der Waals surface area contributed by atoms with E-state index in [1.54, 1.807) is 24.5 Å². The van der Waals surface area contributed by atoms with Gasteiger partial charge in [-0.2, -0.15) is 0 Å². The molecule has 0 radical (unpaired) electrons. The molecular weight excluding hydrogens is 219 g/mol. The highest BCUT2D eigenvalue weighted by molar-refractivity contribution is 5.94. The molecule has 1 heterocycles. The molecule has 88 valence electrons. The van der Waals surface area contributed by atoms with E-state index in [-0.39, 0.29) is 5.56 Å². The molecule has 0 fully saturated rings. The van der Waals surface area contributed by atoms with Crippen LogP contribution in [0.15, 0.2) is 36.7 Å². The topological polar surface area (TPSA) is 44.9 Å². The molecule has 1 aromatic carbocycles. The van der Waals surface area contributed by atoms with Crippen LogP contribution >= 0.6 is 0 Å². The van der Waals surface area contributed by atoms with Gasteiger partial charge in [0.2, 0.25) is 0 Å². The summed E-state index contributed by atoms with van der Waals surface area (Å²) in [6.45, 7) is 2.21. The van der Waals surface area contributed by atoms with Gasteiger partial charge in [-0.25, -0.2) is 4.39 Å². The summed E-state index contributed by atoms with van der Waals surface area (Å²) in [5.41, 5.74) is 1.89. The van der Waals surface area contributed by atoms with E-state index >= 15 is 0 Å². The molecule has 0 saturated heterocycles. The molecule has 0 atom stereocenters. The summed E-state index contributed by atoms with van der Waals surface area (Å²) < 4.78 is 13.4. The molecule has 2 rings (SSSR count). The number of carbonyl (C=O) groups is 1. The lowest BCUT2D eigenvalue weighted by Crippen LogP contribution is -2.23. The minimum atomic E-state index is -0.498. The largest absolute Gasteiger partial charge is 0.367 e. The summed E-state index contributed by atoms with van der Waals surface area (Å²) >= 11 is 0. The first-order valence-corrected chi connectivity index (χ1v) is 5.33. The van der Waals surface area contributed by atoms with Crippen LogP contribution in [0.5, 0.6) is 0 Å². The third-order valence-electron chi connectivity index (χ3n) is 2.48. The van der Waals surface area contributed by atoms with Crippen LogP contribution in [-0.2, 0) is 6.54 Å². The summed E-state index contributed by atoms with van der Waals surface area (Å²) in [7, 11) is 0. The van der Waals surface area contributed by atoms with Gasteiger partial charge in [0.1, 0.15) is 5.82 Å². The molecular formula is C13H13FN2O. The molecule has 1 amide bonds. The summed E-state index contributed by atoms with van der Waals surface area (Å²) in [5.74, 6) is -0.894. The van der Waals surface area contributed by atoms with Crippen molar-refractivity contribution in [1.29, 1.82) is 0 Å². The first kappa shape index (κ1) is 11.4. The molecule has 0 aliphatic heterocycles. The van der Waals surface area contributed by atoms with Crippen molar-refractivity contribution in [2.45, 2.75) is 13.5 Å². The highest BCUT2D eigenvalue weighted by atomic mass is 19.1. The van der Waals surface area contributed by atoms with Crippen LogP contribution in [0.2, 0.25) is 0 Å². The van der Waals surface area contributed by atoms with Gasteiger partial charge in [0.05, 0.1) is 5.56 Å². The number of carbonyl (C=O) groups excluding carboxylic acids is 1. The molecule has 2 N–H and O–H groups in total. The van der Waals surface area contributed by atoms with Gasteiger partial charge in [0.25, 0.3) is 5.91 Å². The highest BCUT2D eigenvalue weighted by Gasteiger charge is 2.11. The van der Waals surface area contributed by atoms with Crippen molar-refractivity contribution in [1.82, 2.24) is 10.3 Å². The first-order chi connectivity index (χ1) is 8.16. The normalized spacial score (nSPS) is 10.2. The minimum Gasteiger partial charge on any atom is -0.367 e. The minimum absolute atomic E-state index is 0.0838. The Balaban J connectivity index is 2.07. The second-order valence-electron chi connectivity index (χ2n) is 3.89. The molecule has 0 bridgehead atoms. The SMILES string of the molecule is Cc1ccc(F)c(C(=O)NCc2cc[nH]c2)c1. The van der Waals surface area contributed by atoms with Crippen LogP contribution in [0, 0.1) is 12.7 Å². The maximum absolute atomic E-state index is 13.4. The molecule has 4 heteroatoms. The number of aryl methyl sites for hydroxylation is 1. The van der Waals surface area contributed by atoms with E-state index in [0.29, 0.717) is 6.54 Å². The fourth-order valence-electron chi connectivity index (χ4n) is 1.56. The number of benzene rings is 1. The van der Waals surface area contributed by atoms with Crippen LogP contribution in [0.4, 0.5) is 4.39 Å². The molecule has 0 aliphatic carbocycles.